The van der Waals surface area contributed by atoms with Gasteiger partial charge in [0.05, 0.1) is 6.54 Å². The molecule has 0 aromatic heterocycles. The number of likely N-dealkylation sites (N-methyl/N-ethyl adjacent to an activating group) is 1. The van der Waals surface area contributed by atoms with E-state index in [1.165, 1.54) is 12.8 Å². The fourth-order valence-electron chi connectivity index (χ4n) is 2.70. The monoisotopic (exact) mass is 333 g/mol. The van der Waals surface area contributed by atoms with Crippen molar-refractivity contribution in [2.75, 3.05) is 47.0 Å². The molecule has 1 N–H and O–H groups in total. The van der Waals surface area contributed by atoms with Crippen molar-refractivity contribution in [3.05, 3.63) is 30.3 Å². The molecule has 1 aromatic rings. The summed E-state index contributed by atoms with van der Waals surface area (Å²) in [6.07, 6.45) is 3.70. The molecule has 0 bridgehead atoms. The van der Waals surface area contributed by atoms with Crippen molar-refractivity contribution in [1.29, 1.82) is 0 Å². The second-order valence-corrected chi connectivity index (χ2v) is 6.43. The van der Waals surface area contributed by atoms with Crippen LogP contribution >= 0.6 is 0 Å². The highest BCUT2D eigenvalue weighted by Gasteiger charge is 2.42. The molecule has 1 aromatic carbocycles. The van der Waals surface area contributed by atoms with Crippen LogP contribution in [0.5, 0.6) is 5.75 Å². The number of guanidine groups is 1. The SMILES string of the molecule is CCOCCC1(CNC(=NC)N(C)CCOc2ccccc2)CC1. The molecule has 1 fully saturated rings. The molecule has 0 saturated heterocycles. The lowest BCUT2D eigenvalue weighted by molar-refractivity contribution is 0.128. The number of para-hydroxylation sites is 1. The Balaban J connectivity index is 1.69. The molecule has 5 nitrogen and oxygen atoms in total. The van der Waals surface area contributed by atoms with Gasteiger partial charge in [-0.15, -0.1) is 0 Å². The highest BCUT2D eigenvalue weighted by atomic mass is 16.5. The van der Waals surface area contributed by atoms with E-state index < -0.39 is 0 Å². The fourth-order valence-corrected chi connectivity index (χ4v) is 2.70. The Kier molecular flexibility index (Phi) is 7.37. The lowest BCUT2D eigenvalue weighted by Gasteiger charge is -2.24. The van der Waals surface area contributed by atoms with Gasteiger partial charge in [0.15, 0.2) is 5.96 Å². The molecule has 0 amide bonds. The molecule has 0 radical (unpaired) electrons. The Morgan fingerprint density at radius 2 is 2.00 bits per heavy atom. The molecule has 1 aliphatic carbocycles. The van der Waals surface area contributed by atoms with Crippen molar-refractivity contribution < 1.29 is 9.47 Å². The molecule has 1 aliphatic rings. The van der Waals surface area contributed by atoms with Gasteiger partial charge in [-0.05, 0) is 43.7 Å². The van der Waals surface area contributed by atoms with E-state index >= 15 is 0 Å². The van der Waals surface area contributed by atoms with Crippen molar-refractivity contribution in [2.45, 2.75) is 26.2 Å². The van der Waals surface area contributed by atoms with E-state index in [1.807, 2.05) is 51.4 Å². The first-order valence-corrected chi connectivity index (χ1v) is 8.86. The normalized spacial score (nSPS) is 15.9. The van der Waals surface area contributed by atoms with Gasteiger partial charge in [-0.2, -0.15) is 0 Å². The first-order chi connectivity index (χ1) is 11.7. The number of nitrogens with one attached hydrogen (secondary N) is 1. The van der Waals surface area contributed by atoms with E-state index in [9.17, 15) is 0 Å². The van der Waals surface area contributed by atoms with Gasteiger partial charge >= 0.3 is 0 Å². The Morgan fingerprint density at radius 3 is 2.62 bits per heavy atom. The van der Waals surface area contributed by atoms with E-state index in [-0.39, 0.29) is 0 Å². The van der Waals surface area contributed by atoms with E-state index in [0.29, 0.717) is 12.0 Å². The van der Waals surface area contributed by atoms with Crippen molar-refractivity contribution in [2.24, 2.45) is 10.4 Å². The maximum Gasteiger partial charge on any atom is 0.193 e. The van der Waals surface area contributed by atoms with Gasteiger partial charge in [-0.1, -0.05) is 18.2 Å². The average molecular weight is 333 g/mol. The van der Waals surface area contributed by atoms with Gasteiger partial charge in [0.25, 0.3) is 0 Å². The van der Waals surface area contributed by atoms with Crippen LogP contribution in [0.25, 0.3) is 0 Å². The maximum atomic E-state index is 5.75. The number of rotatable bonds is 10. The van der Waals surface area contributed by atoms with Crippen LogP contribution in [0.1, 0.15) is 26.2 Å². The minimum absolute atomic E-state index is 0.409. The third-order valence-corrected chi connectivity index (χ3v) is 4.57. The molecular weight excluding hydrogens is 302 g/mol. The number of hydrogen-bond donors (Lipinski definition) is 1. The van der Waals surface area contributed by atoms with E-state index in [4.69, 9.17) is 9.47 Å². The van der Waals surface area contributed by atoms with Crippen LogP contribution in [0.3, 0.4) is 0 Å². The molecule has 1 saturated carbocycles. The van der Waals surface area contributed by atoms with Gasteiger partial charge in [-0.3, -0.25) is 4.99 Å². The quantitative estimate of drug-likeness (QED) is 0.406. The minimum Gasteiger partial charge on any atom is -0.492 e. The van der Waals surface area contributed by atoms with E-state index in [0.717, 1.165) is 44.4 Å². The molecule has 134 valence electrons. The predicted molar refractivity (Wildman–Crippen MR) is 98.7 cm³/mol. The second-order valence-electron chi connectivity index (χ2n) is 6.43. The molecule has 0 spiro atoms. The molecule has 0 heterocycles. The van der Waals surface area contributed by atoms with Crippen LogP contribution in [0.4, 0.5) is 0 Å². The summed E-state index contributed by atoms with van der Waals surface area (Å²) in [6.45, 7) is 6.10. The average Bonchev–Trinajstić information content (AvgIpc) is 3.37. The number of aliphatic imine (C=N–C) groups is 1. The first kappa shape index (κ1) is 18.6. The van der Waals surface area contributed by atoms with Crippen molar-refractivity contribution >= 4 is 5.96 Å². The summed E-state index contributed by atoms with van der Waals surface area (Å²) in [5.74, 6) is 1.83. The molecule has 5 heteroatoms. The summed E-state index contributed by atoms with van der Waals surface area (Å²) in [5.41, 5.74) is 0.409. The molecule has 0 unspecified atom stereocenters. The lowest BCUT2D eigenvalue weighted by Crippen LogP contribution is -2.43. The Labute approximate surface area is 146 Å². The van der Waals surface area contributed by atoms with Crippen LogP contribution in [0.2, 0.25) is 0 Å². The predicted octanol–water partition coefficient (Wildman–Crippen LogP) is 2.78. The standard InChI is InChI=1S/C19H31N3O2/c1-4-23-14-12-19(10-11-19)16-21-18(20-2)22(3)13-15-24-17-8-6-5-7-9-17/h5-9H,4,10-16H2,1-3H3,(H,20,21). The Morgan fingerprint density at radius 1 is 1.25 bits per heavy atom. The van der Waals surface area contributed by atoms with Crippen LogP contribution in [0.15, 0.2) is 35.3 Å². The summed E-state index contributed by atoms with van der Waals surface area (Å²) in [7, 11) is 3.88. The number of ether oxygens (including phenoxy) is 2. The molecule has 2 rings (SSSR count). The van der Waals surface area contributed by atoms with Gasteiger partial charge in [0.1, 0.15) is 12.4 Å². The Bertz CT molecular complexity index is 501. The Hall–Kier alpha value is -1.75. The van der Waals surface area contributed by atoms with Crippen LogP contribution < -0.4 is 10.1 Å². The number of benzene rings is 1. The topological polar surface area (TPSA) is 46.1 Å². The highest BCUT2D eigenvalue weighted by molar-refractivity contribution is 5.79. The second kappa shape index (κ2) is 9.52. The molecule has 0 aliphatic heterocycles. The summed E-state index contributed by atoms with van der Waals surface area (Å²) in [6, 6.07) is 9.91. The van der Waals surface area contributed by atoms with Gasteiger partial charge in [0.2, 0.25) is 0 Å². The van der Waals surface area contributed by atoms with Crippen LogP contribution in [0, 0.1) is 5.41 Å². The van der Waals surface area contributed by atoms with Crippen molar-refractivity contribution in [1.82, 2.24) is 10.2 Å². The first-order valence-electron chi connectivity index (χ1n) is 8.86. The molecule has 24 heavy (non-hydrogen) atoms. The third kappa shape index (κ3) is 6.04. The van der Waals surface area contributed by atoms with E-state index in [1.54, 1.807) is 0 Å². The zero-order valence-corrected chi connectivity index (χ0v) is 15.3. The summed E-state index contributed by atoms with van der Waals surface area (Å²) in [5, 5.41) is 3.51. The highest BCUT2D eigenvalue weighted by Crippen LogP contribution is 2.48. The van der Waals surface area contributed by atoms with Gasteiger partial charge in [0, 0.05) is 33.9 Å². The summed E-state index contributed by atoms with van der Waals surface area (Å²) < 4.78 is 11.3. The number of nitrogens with zero attached hydrogens (tertiary/aromatic N) is 2. The number of hydrogen-bond acceptors (Lipinski definition) is 3. The molecular formula is C19H31N3O2. The fraction of sp³-hybridized carbons (Fsp3) is 0.632. The summed E-state index contributed by atoms with van der Waals surface area (Å²) in [4.78, 5) is 6.50. The minimum atomic E-state index is 0.409. The molecule has 0 atom stereocenters. The zero-order valence-electron chi connectivity index (χ0n) is 15.3. The van der Waals surface area contributed by atoms with Gasteiger partial charge < -0.3 is 19.7 Å². The van der Waals surface area contributed by atoms with Crippen LogP contribution in [-0.2, 0) is 4.74 Å². The van der Waals surface area contributed by atoms with Crippen LogP contribution in [-0.4, -0.2) is 57.9 Å². The third-order valence-electron chi connectivity index (χ3n) is 4.57. The smallest absolute Gasteiger partial charge is 0.193 e. The van der Waals surface area contributed by atoms with Crippen molar-refractivity contribution in [3.63, 3.8) is 0 Å². The van der Waals surface area contributed by atoms with Gasteiger partial charge in [-0.25, -0.2) is 0 Å². The lowest BCUT2D eigenvalue weighted by atomic mass is 10.0. The maximum absolute atomic E-state index is 5.75. The van der Waals surface area contributed by atoms with E-state index in [2.05, 4.69) is 15.2 Å². The zero-order chi connectivity index (χ0) is 17.3. The summed E-state index contributed by atoms with van der Waals surface area (Å²) >= 11 is 0. The van der Waals surface area contributed by atoms with Crippen molar-refractivity contribution in [3.8, 4) is 5.75 Å². The largest absolute Gasteiger partial charge is 0.492 e.